The van der Waals surface area contributed by atoms with Crippen LogP contribution in [0.3, 0.4) is 0 Å². The molecule has 0 saturated heterocycles. The van der Waals surface area contributed by atoms with Gasteiger partial charge in [0.25, 0.3) is 0 Å². The molecule has 1 aromatic heterocycles. The fourth-order valence-corrected chi connectivity index (χ4v) is 4.14. The van der Waals surface area contributed by atoms with Crippen molar-refractivity contribution in [1.82, 2.24) is 4.57 Å². The first kappa shape index (κ1) is 14.6. The average molecular weight is 284 g/mol. The molecule has 2 aromatic rings. The number of hydrogen-bond donors (Lipinski definition) is 1. The molecule has 21 heavy (non-hydrogen) atoms. The van der Waals surface area contributed by atoms with E-state index in [0.29, 0.717) is 12.0 Å². The third-order valence-corrected chi connectivity index (χ3v) is 5.51. The fourth-order valence-electron chi connectivity index (χ4n) is 4.14. The molecule has 1 heterocycles. The third-order valence-electron chi connectivity index (χ3n) is 5.51. The molecule has 1 aromatic carbocycles. The van der Waals surface area contributed by atoms with Crippen LogP contribution in [0, 0.1) is 11.8 Å². The van der Waals surface area contributed by atoms with E-state index in [1.165, 1.54) is 42.1 Å². The number of nitrogens with zero attached hydrogens (tertiary/aromatic N) is 1. The highest BCUT2D eigenvalue weighted by atomic mass is 15.0. The Labute approximate surface area is 128 Å². The Morgan fingerprint density at radius 3 is 2.76 bits per heavy atom. The van der Waals surface area contributed by atoms with E-state index in [0.717, 1.165) is 18.9 Å². The van der Waals surface area contributed by atoms with Crippen LogP contribution < -0.4 is 5.73 Å². The molecule has 1 aliphatic rings. The minimum Gasteiger partial charge on any atom is -0.344 e. The summed E-state index contributed by atoms with van der Waals surface area (Å²) in [6.45, 7) is 5.40. The highest BCUT2D eigenvalue weighted by molar-refractivity contribution is 5.83. The Balaban J connectivity index is 2.04. The normalized spacial score (nSPS) is 26.3. The summed E-state index contributed by atoms with van der Waals surface area (Å²) in [7, 11) is 0. The van der Waals surface area contributed by atoms with Gasteiger partial charge < -0.3 is 10.3 Å². The lowest BCUT2D eigenvalue weighted by atomic mass is 9.77. The van der Waals surface area contributed by atoms with Crippen molar-refractivity contribution in [3.05, 3.63) is 36.0 Å². The van der Waals surface area contributed by atoms with Crippen LogP contribution in [0.25, 0.3) is 10.9 Å². The Morgan fingerprint density at radius 2 is 2.05 bits per heavy atom. The van der Waals surface area contributed by atoms with Crippen molar-refractivity contribution >= 4 is 10.9 Å². The van der Waals surface area contributed by atoms with Crippen LogP contribution in [0.5, 0.6) is 0 Å². The van der Waals surface area contributed by atoms with Gasteiger partial charge in [-0.25, -0.2) is 0 Å². The first-order valence-corrected chi connectivity index (χ1v) is 8.56. The molecule has 0 aliphatic heterocycles. The van der Waals surface area contributed by atoms with Crippen molar-refractivity contribution < 1.29 is 0 Å². The van der Waals surface area contributed by atoms with Gasteiger partial charge in [-0.1, -0.05) is 38.5 Å². The van der Waals surface area contributed by atoms with Crippen molar-refractivity contribution in [2.24, 2.45) is 17.6 Å². The van der Waals surface area contributed by atoms with Gasteiger partial charge >= 0.3 is 0 Å². The van der Waals surface area contributed by atoms with Crippen LogP contribution in [0.4, 0.5) is 0 Å². The van der Waals surface area contributed by atoms with Crippen LogP contribution in [-0.2, 0) is 6.42 Å². The maximum Gasteiger partial charge on any atom is 0.0515 e. The summed E-state index contributed by atoms with van der Waals surface area (Å²) in [5.74, 6) is 1.50. The molecule has 0 amide bonds. The summed E-state index contributed by atoms with van der Waals surface area (Å²) in [6.07, 6.45) is 8.63. The summed E-state index contributed by atoms with van der Waals surface area (Å²) < 4.78 is 2.55. The van der Waals surface area contributed by atoms with Crippen LogP contribution in [0.1, 0.15) is 51.1 Å². The third kappa shape index (κ3) is 2.62. The molecule has 1 fully saturated rings. The molecule has 114 valence electrons. The second-order valence-corrected chi connectivity index (χ2v) is 6.58. The largest absolute Gasteiger partial charge is 0.344 e. The van der Waals surface area contributed by atoms with Gasteiger partial charge in [0.15, 0.2) is 0 Å². The lowest BCUT2D eigenvalue weighted by molar-refractivity contribution is 0.188. The Bertz CT molecular complexity index is 599. The lowest BCUT2D eigenvalue weighted by Gasteiger charge is -2.37. The van der Waals surface area contributed by atoms with Gasteiger partial charge in [-0.3, -0.25) is 0 Å². The molecular weight excluding hydrogens is 256 g/mol. The Hall–Kier alpha value is -1.28. The first-order valence-electron chi connectivity index (χ1n) is 8.56. The molecule has 3 atom stereocenters. The topological polar surface area (TPSA) is 30.9 Å². The molecule has 2 N–H and O–H groups in total. The van der Waals surface area contributed by atoms with Crippen molar-refractivity contribution in [3.63, 3.8) is 0 Å². The first-order chi connectivity index (χ1) is 10.3. The van der Waals surface area contributed by atoms with Crippen molar-refractivity contribution in [2.45, 2.75) is 52.0 Å². The minimum absolute atomic E-state index is 0.582. The number of rotatable bonds is 4. The fraction of sp³-hybridized carbons (Fsp3) is 0.579. The van der Waals surface area contributed by atoms with Gasteiger partial charge in [0.2, 0.25) is 0 Å². The highest BCUT2D eigenvalue weighted by Crippen LogP contribution is 2.40. The number of hydrogen-bond acceptors (Lipinski definition) is 1. The summed E-state index contributed by atoms with van der Waals surface area (Å²) in [5, 5.41) is 1.38. The lowest BCUT2D eigenvalue weighted by Crippen LogP contribution is -2.32. The van der Waals surface area contributed by atoms with E-state index in [-0.39, 0.29) is 0 Å². The molecule has 0 radical (unpaired) electrons. The van der Waals surface area contributed by atoms with Crippen LogP contribution in [0.2, 0.25) is 0 Å². The van der Waals surface area contributed by atoms with E-state index in [1.54, 1.807) is 0 Å². The minimum atomic E-state index is 0.582. The predicted molar refractivity (Wildman–Crippen MR) is 90.5 cm³/mol. The molecule has 2 heteroatoms. The number of fused-ring (bicyclic) bond motifs is 1. The van der Waals surface area contributed by atoms with Gasteiger partial charge in [0.05, 0.1) is 5.52 Å². The van der Waals surface area contributed by atoms with E-state index in [4.69, 9.17) is 5.73 Å². The molecule has 3 unspecified atom stereocenters. The number of aromatic nitrogens is 1. The van der Waals surface area contributed by atoms with Crippen molar-refractivity contribution in [2.75, 3.05) is 6.54 Å². The zero-order valence-corrected chi connectivity index (χ0v) is 13.4. The summed E-state index contributed by atoms with van der Waals surface area (Å²) in [4.78, 5) is 0. The average Bonchev–Trinajstić information content (AvgIpc) is 2.98. The summed E-state index contributed by atoms with van der Waals surface area (Å²) >= 11 is 0. The van der Waals surface area contributed by atoms with Gasteiger partial charge in [-0.15, -0.1) is 0 Å². The Morgan fingerprint density at radius 1 is 1.19 bits per heavy atom. The van der Waals surface area contributed by atoms with Gasteiger partial charge in [0.1, 0.15) is 0 Å². The van der Waals surface area contributed by atoms with E-state index in [2.05, 4.69) is 48.9 Å². The second-order valence-electron chi connectivity index (χ2n) is 6.58. The summed E-state index contributed by atoms with van der Waals surface area (Å²) in [5.41, 5.74) is 9.00. The predicted octanol–water partition coefficient (Wildman–Crippen LogP) is 4.53. The van der Waals surface area contributed by atoms with E-state index < -0.39 is 0 Å². The number of benzene rings is 1. The number of aryl methyl sites for hydroxylation is 1. The van der Waals surface area contributed by atoms with E-state index in [1.807, 2.05) is 0 Å². The zero-order valence-electron chi connectivity index (χ0n) is 13.4. The van der Waals surface area contributed by atoms with Crippen molar-refractivity contribution in [3.8, 4) is 0 Å². The highest BCUT2D eigenvalue weighted by Gasteiger charge is 2.30. The molecule has 0 spiro atoms. The standard InChI is InChI=1S/C19H28N2/c1-3-14-8-9-17(13-20)18(12-14)21-11-10-16-7-5-6-15(4-2)19(16)21/h5-7,10-11,14,17-18H,3-4,8-9,12-13,20H2,1-2H3. The van der Waals surface area contributed by atoms with E-state index >= 15 is 0 Å². The number of para-hydroxylation sites is 1. The monoisotopic (exact) mass is 284 g/mol. The molecule has 1 aliphatic carbocycles. The Kier molecular flexibility index (Phi) is 4.34. The molecule has 0 bridgehead atoms. The number of nitrogens with two attached hydrogens (primary N) is 1. The van der Waals surface area contributed by atoms with E-state index in [9.17, 15) is 0 Å². The second kappa shape index (κ2) is 6.23. The zero-order chi connectivity index (χ0) is 14.8. The quantitative estimate of drug-likeness (QED) is 0.878. The van der Waals surface area contributed by atoms with Gasteiger partial charge in [-0.05, 0) is 61.1 Å². The molecular formula is C19H28N2. The maximum atomic E-state index is 6.09. The van der Waals surface area contributed by atoms with Gasteiger partial charge in [-0.2, -0.15) is 0 Å². The maximum absolute atomic E-state index is 6.09. The SMILES string of the molecule is CCc1cccc2ccn(C3CC(CC)CCC3CN)c12. The molecule has 3 rings (SSSR count). The van der Waals surface area contributed by atoms with Crippen LogP contribution in [0.15, 0.2) is 30.5 Å². The smallest absolute Gasteiger partial charge is 0.0515 e. The van der Waals surface area contributed by atoms with Crippen molar-refractivity contribution in [1.29, 1.82) is 0 Å². The molecule has 1 saturated carbocycles. The van der Waals surface area contributed by atoms with Gasteiger partial charge in [0, 0.05) is 12.2 Å². The summed E-state index contributed by atoms with van der Waals surface area (Å²) in [6, 6.07) is 9.55. The van der Waals surface area contributed by atoms with Crippen LogP contribution >= 0.6 is 0 Å². The van der Waals surface area contributed by atoms with Crippen LogP contribution in [-0.4, -0.2) is 11.1 Å². The molecule has 2 nitrogen and oxygen atoms in total.